The summed E-state index contributed by atoms with van der Waals surface area (Å²) in [6, 6.07) is 1.14. The van der Waals surface area contributed by atoms with Gasteiger partial charge in [0.25, 0.3) is 5.69 Å². The second-order valence-electron chi connectivity index (χ2n) is 2.84. The molecule has 0 saturated heterocycles. The van der Waals surface area contributed by atoms with Crippen molar-refractivity contribution in [3.63, 3.8) is 0 Å². The molecule has 0 fully saturated rings. The maximum atomic E-state index is 10.6. The van der Waals surface area contributed by atoms with Crippen LogP contribution >= 0.6 is 23.4 Å². The van der Waals surface area contributed by atoms with Gasteiger partial charge in [0, 0.05) is 6.07 Å². The second-order valence-corrected chi connectivity index (χ2v) is 4.57. The van der Waals surface area contributed by atoms with Gasteiger partial charge in [0.05, 0.1) is 9.95 Å². The molecule has 8 heteroatoms. The Morgan fingerprint density at radius 2 is 2.38 bits per heavy atom. The number of carboxylic acid groups (broad SMARTS) is 1. The van der Waals surface area contributed by atoms with Crippen LogP contribution in [0.2, 0.25) is 5.02 Å². The van der Waals surface area contributed by atoms with Crippen LogP contribution in [0.3, 0.4) is 0 Å². The lowest BCUT2D eigenvalue weighted by Crippen LogP contribution is -2.11. The number of halogens is 1. The summed E-state index contributed by atoms with van der Waals surface area (Å²) in [7, 11) is 0. The molecule has 0 bridgehead atoms. The number of hydrogen-bond acceptors (Lipinski definition) is 5. The van der Waals surface area contributed by atoms with Crippen LogP contribution in [0.4, 0.5) is 5.69 Å². The Hall–Kier alpha value is -1.34. The normalized spacial score (nSPS) is 12.1. The molecule has 0 radical (unpaired) electrons. The lowest BCUT2D eigenvalue weighted by atomic mass is 10.4. The number of nitrogens with zero attached hydrogens (tertiary/aromatic N) is 2. The summed E-state index contributed by atoms with van der Waals surface area (Å²) in [6.07, 6.45) is 1.04. The van der Waals surface area contributed by atoms with E-state index in [1.165, 1.54) is 6.92 Å². The van der Waals surface area contributed by atoms with Gasteiger partial charge in [0.2, 0.25) is 0 Å². The van der Waals surface area contributed by atoms with Crippen LogP contribution in [-0.4, -0.2) is 26.2 Å². The van der Waals surface area contributed by atoms with Gasteiger partial charge in [-0.2, -0.15) is 0 Å². The highest BCUT2D eigenvalue weighted by atomic mass is 35.5. The molecule has 1 aromatic heterocycles. The summed E-state index contributed by atoms with van der Waals surface area (Å²) < 4.78 is 0. The molecule has 1 N–H and O–H groups in total. The smallest absolute Gasteiger partial charge is 0.316 e. The van der Waals surface area contributed by atoms with Crippen LogP contribution in [0.25, 0.3) is 0 Å². The zero-order valence-corrected chi connectivity index (χ0v) is 9.66. The molecule has 6 nitrogen and oxygen atoms in total. The van der Waals surface area contributed by atoms with Crippen LogP contribution in [0.1, 0.15) is 6.92 Å². The topological polar surface area (TPSA) is 93.3 Å². The molecular formula is C8H7ClN2O4S. The third-order valence-electron chi connectivity index (χ3n) is 1.64. The largest absolute Gasteiger partial charge is 0.480 e. The van der Waals surface area contributed by atoms with E-state index in [1.807, 2.05) is 0 Å². The first-order valence-electron chi connectivity index (χ1n) is 4.11. The van der Waals surface area contributed by atoms with E-state index < -0.39 is 16.1 Å². The number of carboxylic acids is 1. The molecule has 1 heterocycles. The quantitative estimate of drug-likeness (QED) is 0.508. The van der Waals surface area contributed by atoms with E-state index in [4.69, 9.17) is 16.7 Å². The van der Waals surface area contributed by atoms with Crippen molar-refractivity contribution in [1.29, 1.82) is 0 Å². The molecule has 16 heavy (non-hydrogen) atoms. The number of pyridine rings is 1. The van der Waals surface area contributed by atoms with Gasteiger partial charge in [-0.25, -0.2) is 4.98 Å². The molecule has 0 aromatic carbocycles. The highest BCUT2D eigenvalue weighted by molar-refractivity contribution is 8.00. The highest BCUT2D eigenvalue weighted by Gasteiger charge is 2.17. The third kappa shape index (κ3) is 3.07. The predicted octanol–water partition coefficient (Wildman–Crippen LogP) is 2.21. The van der Waals surface area contributed by atoms with Crippen molar-refractivity contribution in [1.82, 2.24) is 4.98 Å². The van der Waals surface area contributed by atoms with Crippen LogP contribution in [0.15, 0.2) is 17.3 Å². The van der Waals surface area contributed by atoms with Gasteiger partial charge in [-0.3, -0.25) is 14.9 Å². The molecule has 0 amide bonds. The Labute approximate surface area is 99.8 Å². The van der Waals surface area contributed by atoms with Gasteiger partial charge < -0.3 is 5.11 Å². The molecule has 0 saturated carbocycles. The van der Waals surface area contributed by atoms with Gasteiger partial charge in [-0.15, -0.1) is 0 Å². The Morgan fingerprint density at radius 1 is 1.75 bits per heavy atom. The summed E-state index contributed by atoms with van der Waals surface area (Å²) in [4.78, 5) is 24.1. The minimum Gasteiger partial charge on any atom is -0.480 e. The maximum Gasteiger partial charge on any atom is 0.316 e. The molecule has 1 rings (SSSR count). The van der Waals surface area contributed by atoms with Gasteiger partial charge in [-0.05, 0) is 6.92 Å². The molecule has 1 aromatic rings. The monoisotopic (exact) mass is 262 g/mol. The Morgan fingerprint density at radius 3 is 2.81 bits per heavy atom. The van der Waals surface area contributed by atoms with Crippen molar-refractivity contribution < 1.29 is 14.8 Å². The van der Waals surface area contributed by atoms with Crippen LogP contribution < -0.4 is 0 Å². The number of hydrogen-bond donors (Lipinski definition) is 1. The Bertz CT molecular complexity index is 440. The van der Waals surface area contributed by atoms with Crippen LogP contribution in [0, 0.1) is 10.1 Å². The summed E-state index contributed by atoms with van der Waals surface area (Å²) in [5, 5.41) is 18.7. The van der Waals surface area contributed by atoms with Crippen molar-refractivity contribution in [2.75, 3.05) is 0 Å². The average molecular weight is 263 g/mol. The number of nitro groups is 1. The lowest BCUT2D eigenvalue weighted by Gasteiger charge is -2.06. The summed E-state index contributed by atoms with van der Waals surface area (Å²) in [5.74, 6) is -0.999. The van der Waals surface area contributed by atoms with E-state index in [9.17, 15) is 14.9 Å². The molecule has 1 unspecified atom stereocenters. The van der Waals surface area contributed by atoms with E-state index in [1.54, 1.807) is 0 Å². The molecule has 1 atom stereocenters. The van der Waals surface area contributed by atoms with E-state index in [0.29, 0.717) is 0 Å². The van der Waals surface area contributed by atoms with Crippen molar-refractivity contribution in [3.8, 4) is 0 Å². The number of thioether (sulfide) groups is 1. The van der Waals surface area contributed by atoms with E-state index in [-0.39, 0.29) is 15.7 Å². The third-order valence-corrected chi connectivity index (χ3v) is 3.14. The second kappa shape index (κ2) is 5.13. The molecular weight excluding hydrogens is 256 g/mol. The summed E-state index contributed by atoms with van der Waals surface area (Å²) in [6.45, 7) is 1.48. The number of aromatic nitrogens is 1. The molecule has 0 spiro atoms. The van der Waals surface area contributed by atoms with E-state index in [2.05, 4.69) is 4.98 Å². The molecule has 0 aliphatic carbocycles. The first-order chi connectivity index (χ1) is 7.41. The first kappa shape index (κ1) is 12.7. The Balaban J connectivity index is 2.91. The minimum atomic E-state index is -0.999. The SMILES string of the molecule is CC(Sc1ncc([N+](=O)[O-])cc1Cl)C(=O)O. The maximum absolute atomic E-state index is 10.6. The molecule has 86 valence electrons. The van der Waals surface area contributed by atoms with Gasteiger partial charge in [0.15, 0.2) is 0 Å². The zero-order chi connectivity index (χ0) is 12.3. The average Bonchev–Trinajstić information content (AvgIpc) is 2.20. The fourth-order valence-electron chi connectivity index (χ4n) is 0.820. The zero-order valence-electron chi connectivity index (χ0n) is 8.08. The lowest BCUT2D eigenvalue weighted by molar-refractivity contribution is -0.385. The Kier molecular flexibility index (Phi) is 4.08. The highest BCUT2D eigenvalue weighted by Crippen LogP contribution is 2.30. The standard InChI is InChI=1S/C8H7ClN2O4S/c1-4(8(12)13)16-7-6(9)2-5(3-10-7)11(14)15/h2-4H,1H3,(H,12,13). The van der Waals surface area contributed by atoms with E-state index >= 15 is 0 Å². The van der Waals surface area contributed by atoms with Crippen LogP contribution in [-0.2, 0) is 4.79 Å². The molecule has 0 aliphatic rings. The molecule has 0 aliphatic heterocycles. The van der Waals surface area contributed by atoms with E-state index in [0.717, 1.165) is 24.0 Å². The van der Waals surface area contributed by atoms with Crippen molar-refractivity contribution in [2.45, 2.75) is 17.2 Å². The number of aliphatic carboxylic acids is 1. The van der Waals surface area contributed by atoms with Crippen LogP contribution in [0.5, 0.6) is 0 Å². The van der Waals surface area contributed by atoms with Crippen molar-refractivity contribution >= 4 is 35.0 Å². The van der Waals surface area contributed by atoms with Gasteiger partial charge in [-0.1, -0.05) is 23.4 Å². The van der Waals surface area contributed by atoms with Crippen molar-refractivity contribution in [3.05, 3.63) is 27.4 Å². The number of carbonyl (C=O) groups is 1. The minimum absolute atomic E-state index is 0.0762. The number of rotatable bonds is 4. The summed E-state index contributed by atoms with van der Waals surface area (Å²) >= 11 is 6.68. The van der Waals surface area contributed by atoms with Gasteiger partial charge in [0.1, 0.15) is 16.5 Å². The predicted molar refractivity (Wildman–Crippen MR) is 58.9 cm³/mol. The fraction of sp³-hybridized carbons (Fsp3) is 0.250. The first-order valence-corrected chi connectivity index (χ1v) is 5.37. The van der Waals surface area contributed by atoms with Crippen molar-refractivity contribution in [2.24, 2.45) is 0 Å². The van der Waals surface area contributed by atoms with Gasteiger partial charge >= 0.3 is 5.97 Å². The fourth-order valence-corrected chi connectivity index (χ4v) is 1.83. The summed E-state index contributed by atoms with van der Waals surface area (Å²) in [5.41, 5.74) is -0.225.